The molecule has 2 amide bonds. The van der Waals surface area contributed by atoms with Crippen molar-refractivity contribution in [1.82, 2.24) is 4.90 Å². The molecule has 6 heteroatoms. The third-order valence-electron chi connectivity index (χ3n) is 4.48. The average Bonchev–Trinajstić information content (AvgIpc) is 2.89. The summed E-state index contributed by atoms with van der Waals surface area (Å²) in [6.45, 7) is 5.46. The molecule has 0 fully saturated rings. The van der Waals surface area contributed by atoms with Gasteiger partial charge in [0.15, 0.2) is 0 Å². The Kier molecular flexibility index (Phi) is 5.26. The highest BCUT2D eigenvalue weighted by molar-refractivity contribution is 6.22. The van der Waals surface area contributed by atoms with Crippen LogP contribution in [0.15, 0.2) is 42.5 Å². The summed E-state index contributed by atoms with van der Waals surface area (Å²) in [7, 11) is 0. The fourth-order valence-corrected chi connectivity index (χ4v) is 2.96. The van der Waals surface area contributed by atoms with E-state index in [-0.39, 0.29) is 13.2 Å². The molecule has 2 aromatic carbocycles. The summed E-state index contributed by atoms with van der Waals surface area (Å²) in [5, 5.41) is 0. The Labute approximate surface area is 157 Å². The number of nitrogens with zero attached hydrogens (tertiary/aromatic N) is 1. The first kappa shape index (κ1) is 18.6. The summed E-state index contributed by atoms with van der Waals surface area (Å²) in [5.41, 5.74) is 2.49. The molecular weight excluding hydrogens is 346 g/mol. The molecule has 0 aromatic heterocycles. The predicted molar refractivity (Wildman–Crippen MR) is 98.8 cm³/mol. The Morgan fingerprint density at radius 2 is 1.70 bits per heavy atom. The van der Waals surface area contributed by atoms with Crippen LogP contribution in [0.2, 0.25) is 0 Å². The maximum absolute atomic E-state index is 12.5. The van der Waals surface area contributed by atoms with Gasteiger partial charge in [0.05, 0.1) is 11.1 Å². The van der Waals surface area contributed by atoms with Gasteiger partial charge in [-0.25, -0.2) is 4.79 Å². The van der Waals surface area contributed by atoms with Gasteiger partial charge >= 0.3 is 5.97 Å². The molecule has 1 aliphatic heterocycles. The molecule has 0 radical (unpaired) electrons. The molecule has 1 unspecified atom stereocenters. The summed E-state index contributed by atoms with van der Waals surface area (Å²) < 4.78 is 10.8. The minimum absolute atomic E-state index is 0.0276. The van der Waals surface area contributed by atoms with Crippen molar-refractivity contribution in [2.45, 2.75) is 26.8 Å². The Morgan fingerprint density at radius 3 is 2.44 bits per heavy atom. The fourth-order valence-electron chi connectivity index (χ4n) is 2.96. The summed E-state index contributed by atoms with van der Waals surface area (Å²) in [4.78, 5) is 38.3. The molecule has 27 heavy (non-hydrogen) atoms. The normalized spacial score (nSPS) is 14.1. The molecular formula is C21H21NO5. The Morgan fingerprint density at radius 1 is 1.00 bits per heavy atom. The molecule has 0 saturated carbocycles. The number of carbonyl (C=O) groups excluding carboxylic acids is 3. The molecule has 0 saturated heterocycles. The van der Waals surface area contributed by atoms with Crippen molar-refractivity contribution in [3.8, 4) is 5.75 Å². The molecule has 1 aliphatic rings. The van der Waals surface area contributed by atoms with E-state index < -0.39 is 23.8 Å². The topological polar surface area (TPSA) is 72.9 Å². The SMILES string of the molecule is Cc1ccc2c(c1)C(=O)N(C(C)C(=O)OCCOc1ccccc1C)C2=O. The van der Waals surface area contributed by atoms with Crippen LogP contribution in [0.25, 0.3) is 0 Å². The quantitative estimate of drug-likeness (QED) is 0.446. The van der Waals surface area contributed by atoms with E-state index in [9.17, 15) is 14.4 Å². The second kappa shape index (κ2) is 7.61. The lowest BCUT2D eigenvalue weighted by atomic mass is 10.1. The maximum atomic E-state index is 12.5. The van der Waals surface area contributed by atoms with Gasteiger partial charge in [-0.2, -0.15) is 0 Å². The standard InChI is InChI=1S/C21H21NO5/c1-13-8-9-16-17(12-13)20(24)22(19(16)23)15(3)21(25)27-11-10-26-18-7-5-4-6-14(18)2/h4-9,12,15H,10-11H2,1-3H3. The van der Waals surface area contributed by atoms with Crippen LogP contribution < -0.4 is 4.74 Å². The molecule has 0 aliphatic carbocycles. The Balaban J connectivity index is 1.57. The molecule has 6 nitrogen and oxygen atoms in total. The van der Waals surface area contributed by atoms with Crippen LogP contribution in [-0.4, -0.2) is 41.9 Å². The Bertz CT molecular complexity index is 905. The number of esters is 1. The number of carbonyl (C=O) groups is 3. The lowest BCUT2D eigenvalue weighted by Crippen LogP contribution is -2.44. The summed E-state index contributed by atoms with van der Waals surface area (Å²) in [6, 6.07) is 11.6. The second-order valence-electron chi connectivity index (χ2n) is 6.49. The minimum atomic E-state index is -1.00. The molecule has 1 heterocycles. The number of amides is 2. The molecule has 0 bridgehead atoms. The minimum Gasteiger partial charge on any atom is -0.490 e. The van der Waals surface area contributed by atoms with E-state index in [2.05, 4.69) is 0 Å². The highest BCUT2D eigenvalue weighted by Crippen LogP contribution is 2.26. The zero-order chi connectivity index (χ0) is 19.6. The summed E-state index contributed by atoms with van der Waals surface area (Å²) >= 11 is 0. The van der Waals surface area contributed by atoms with Gasteiger partial charge in [0.1, 0.15) is 25.0 Å². The zero-order valence-corrected chi connectivity index (χ0v) is 15.5. The van der Waals surface area contributed by atoms with Gasteiger partial charge in [-0.05, 0) is 44.5 Å². The molecule has 0 N–H and O–H groups in total. The van der Waals surface area contributed by atoms with E-state index in [1.807, 2.05) is 38.1 Å². The van der Waals surface area contributed by atoms with E-state index in [0.717, 1.165) is 21.8 Å². The van der Waals surface area contributed by atoms with Gasteiger partial charge in [0.25, 0.3) is 11.8 Å². The predicted octanol–water partition coefficient (Wildman–Crippen LogP) is 2.91. The third-order valence-corrected chi connectivity index (χ3v) is 4.48. The van der Waals surface area contributed by atoms with Crippen molar-refractivity contribution in [2.75, 3.05) is 13.2 Å². The van der Waals surface area contributed by atoms with Gasteiger partial charge in [0, 0.05) is 0 Å². The monoisotopic (exact) mass is 367 g/mol. The van der Waals surface area contributed by atoms with E-state index in [1.54, 1.807) is 18.2 Å². The van der Waals surface area contributed by atoms with Crippen LogP contribution in [-0.2, 0) is 9.53 Å². The van der Waals surface area contributed by atoms with Crippen LogP contribution in [0.1, 0.15) is 38.8 Å². The molecule has 1 atom stereocenters. The van der Waals surface area contributed by atoms with Gasteiger partial charge in [-0.15, -0.1) is 0 Å². The highest BCUT2D eigenvalue weighted by atomic mass is 16.6. The van der Waals surface area contributed by atoms with Crippen molar-refractivity contribution in [2.24, 2.45) is 0 Å². The first-order valence-corrected chi connectivity index (χ1v) is 8.73. The lowest BCUT2D eigenvalue weighted by molar-refractivity contribution is -0.148. The van der Waals surface area contributed by atoms with Crippen LogP contribution in [0.5, 0.6) is 5.75 Å². The zero-order valence-electron chi connectivity index (χ0n) is 15.5. The van der Waals surface area contributed by atoms with E-state index in [1.165, 1.54) is 6.92 Å². The number of hydrogen-bond acceptors (Lipinski definition) is 5. The van der Waals surface area contributed by atoms with Crippen molar-refractivity contribution >= 4 is 17.8 Å². The van der Waals surface area contributed by atoms with Crippen LogP contribution in [0.4, 0.5) is 0 Å². The van der Waals surface area contributed by atoms with E-state index in [4.69, 9.17) is 9.47 Å². The van der Waals surface area contributed by atoms with E-state index in [0.29, 0.717) is 11.1 Å². The van der Waals surface area contributed by atoms with Gasteiger partial charge < -0.3 is 9.47 Å². The maximum Gasteiger partial charge on any atom is 0.329 e. The van der Waals surface area contributed by atoms with Crippen molar-refractivity contribution < 1.29 is 23.9 Å². The van der Waals surface area contributed by atoms with E-state index >= 15 is 0 Å². The number of hydrogen-bond donors (Lipinski definition) is 0. The fraction of sp³-hybridized carbons (Fsp3) is 0.286. The van der Waals surface area contributed by atoms with Gasteiger partial charge in [0.2, 0.25) is 0 Å². The van der Waals surface area contributed by atoms with Crippen molar-refractivity contribution in [1.29, 1.82) is 0 Å². The smallest absolute Gasteiger partial charge is 0.329 e. The first-order chi connectivity index (χ1) is 12.9. The van der Waals surface area contributed by atoms with Crippen molar-refractivity contribution in [3.05, 3.63) is 64.7 Å². The first-order valence-electron chi connectivity index (χ1n) is 8.73. The summed E-state index contributed by atoms with van der Waals surface area (Å²) in [5.74, 6) is -0.873. The largest absolute Gasteiger partial charge is 0.490 e. The number of para-hydroxylation sites is 1. The summed E-state index contributed by atoms with van der Waals surface area (Å²) in [6.07, 6.45) is 0. The molecule has 0 spiro atoms. The van der Waals surface area contributed by atoms with Crippen LogP contribution in [0, 0.1) is 13.8 Å². The number of fused-ring (bicyclic) bond motifs is 1. The highest BCUT2D eigenvalue weighted by Gasteiger charge is 2.41. The lowest BCUT2D eigenvalue weighted by Gasteiger charge is -2.21. The number of rotatable bonds is 6. The van der Waals surface area contributed by atoms with Crippen molar-refractivity contribution in [3.63, 3.8) is 0 Å². The Hall–Kier alpha value is -3.15. The number of ether oxygens (including phenoxy) is 2. The average molecular weight is 367 g/mol. The second-order valence-corrected chi connectivity index (χ2v) is 6.49. The molecule has 2 aromatic rings. The number of imide groups is 1. The molecule has 140 valence electrons. The number of aryl methyl sites for hydroxylation is 2. The van der Waals surface area contributed by atoms with Gasteiger partial charge in [-0.3, -0.25) is 14.5 Å². The number of benzene rings is 2. The third kappa shape index (κ3) is 3.69. The van der Waals surface area contributed by atoms with Gasteiger partial charge in [-0.1, -0.05) is 29.8 Å². The van der Waals surface area contributed by atoms with Crippen LogP contribution in [0.3, 0.4) is 0 Å². The van der Waals surface area contributed by atoms with Crippen LogP contribution >= 0.6 is 0 Å². The molecule has 3 rings (SSSR count).